The minimum Gasteiger partial charge on any atom is -0.477 e. The number of aromatic nitrogens is 2. The van der Waals surface area contributed by atoms with Gasteiger partial charge in [0.05, 0.1) is 5.69 Å². The predicted octanol–water partition coefficient (Wildman–Crippen LogP) is 1.39. The van der Waals surface area contributed by atoms with E-state index in [0.29, 0.717) is 17.9 Å². The highest BCUT2D eigenvalue weighted by Gasteiger charge is 2.27. The molecule has 0 bridgehead atoms. The largest absolute Gasteiger partial charge is 0.477 e. The molecule has 0 aliphatic heterocycles. The van der Waals surface area contributed by atoms with E-state index in [1.807, 2.05) is 13.8 Å². The number of carboxylic acids is 1. The number of hydrogen-bond acceptors (Lipinski definition) is 4. The number of nitrogens with one attached hydrogen (secondary N) is 1. The lowest BCUT2D eigenvalue weighted by Gasteiger charge is -2.30. The summed E-state index contributed by atoms with van der Waals surface area (Å²) in [7, 11) is 1.71. The van der Waals surface area contributed by atoms with Crippen LogP contribution in [0.1, 0.15) is 42.7 Å². The zero-order chi connectivity index (χ0) is 13.9. The van der Waals surface area contributed by atoms with Crippen LogP contribution < -0.4 is 5.32 Å². The summed E-state index contributed by atoms with van der Waals surface area (Å²) in [6, 6.07) is 0. The number of aromatic carboxylic acids is 1. The summed E-state index contributed by atoms with van der Waals surface area (Å²) in [5.41, 5.74) is 0.323. The molecule has 1 aromatic heterocycles. The summed E-state index contributed by atoms with van der Waals surface area (Å²) in [4.78, 5) is 11.2. The summed E-state index contributed by atoms with van der Waals surface area (Å²) in [6.45, 7) is 5.67. The maximum Gasteiger partial charge on any atom is 0.341 e. The van der Waals surface area contributed by atoms with E-state index >= 15 is 0 Å². The fourth-order valence-corrected chi connectivity index (χ4v) is 1.92. The van der Waals surface area contributed by atoms with Crippen molar-refractivity contribution in [1.29, 1.82) is 0 Å². The first kappa shape index (κ1) is 14.5. The molecule has 1 unspecified atom stereocenters. The molecule has 0 fully saturated rings. The van der Waals surface area contributed by atoms with Gasteiger partial charge in [-0.3, -0.25) is 4.68 Å². The number of anilines is 1. The van der Waals surface area contributed by atoms with Crippen molar-refractivity contribution in [1.82, 2.24) is 9.78 Å². The van der Waals surface area contributed by atoms with Gasteiger partial charge < -0.3 is 15.5 Å². The van der Waals surface area contributed by atoms with Crippen LogP contribution in [0.5, 0.6) is 0 Å². The highest BCUT2D eigenvalue weighted by Crippen LogP contribution is 2.26. The third-order valence-electron chi connectivity index (χ3n) is 3.30. The maximum absolute atomic E-state index is 11.2. The molecule has 102 valence electrons. The van der Waals surface area contributed by atoms with E-state index in [9.17, 15) is 9.90 Å². The molecule has 0 amide bonds. The molecule has 0 aliphatic rings. The molecule has 1 aromatic rings. The lowest BCUT2D eigenvalue weighted by molar-refractivity contribution is 0.0697. The minimum atomic E-state index is -0.995. The normalized spacial score (nSPS) is 14.3. The second kappa shape index (κ2) is 5.39. The van der Waals surface area contributed by atoms with Crippen molar-refractivity contribution in [2.24, 2.45) is 7.05 Å². The quantitative estimate of drug-likeness (QED) is 0.715. The van der Waals surface area contributed by atoms with Crippen molar-refractivity contribution in [3.8, 4) is 0 Å². The van der Waals surface area contributed by atoms with Crippen LogP contribution in [0.4, 0.5) is 5.82 Å². The molecular weight excluding hydrogens is 234 g/mol. The van der Waals surface area contributed by atoms with Gasteiger partial charge >= 0.3 is 5.97 Å². The highest BCUT2D eigenvalue weighted by molar-refractivity contribution is 5.94. The van der Waals surface area contributed by atoms with Crippen LogP contribution in [-0.4, -0.2) is 38.1 Å². The van der Waals surface area contributed by atoms with E-state index in [0.717, 1.165) is 6.42 Å². The Hall–Kier alpha value is -1.56. The van der Waals surface area contributed by atoms with Gasteiger partial charge in [-0.15, -0.1) is 0 Å². The van der Waals surface area contributed by atoms with Crippen LogP contribution in [0, 0.1) is 6.92 Å². The molecule has 0 saturated heterocycles. The fourth-order valence-electron chi connectivity index (χ4n) is 1.92. The van der Waals surface area contributed by atoms with Gasteiger partial charge in [0.2, 0.25) is 0 Å². The third kappa shape index (κ3) is 2.81. The van der Waals surface area contributed by atoms with Crippen LogP contribution in [0.3, 0.4) is 0 Å². The average Bonchev–Trinajstić information content (AvgIpc) is 2.54. The summed E-state index contributed by atoms with van der Waals surface area (Å²) in [5.74, 6) is -0.511. The predicted molar refractivity (Wildman–Crippen MR) is 68.9 cm³/mol. The molecule has 1 atom stereocenters. The SMILES string of the molecule is CCC(C)(CCO)Nc1c(C(=O)O)c(C)nn1C. The van der Waals surface area contributed by atoms with Gasteiger partial charge in [0.15, 0.2) is 0 Å². The second-order valence-electron chi connectivity index (χ2n) is 4.75. The standard InChI is InChI=1S/C12H21N3O3/c1-5-12(3,6-7-16)13-10-9(11(17)18)8(2)14-15(10)4/h13,16H,5-7H2,1-4H3,(H,17,18). The van der Waals surface area contributed by atoms with Crippen molar-refractivity contribution in [2.75, 3.05) is 11.9 Å². The van der Waals surface area contributed by atoms with Crippen molar-refractivity contribution in [2.45, 2.75) is 39.2 Å². The van der Waals surface area contributed by atoms with Crippen molar-refractivity contribution >= 4 is 11.8 Å². The number of aliphatic hydroxyl groups is 1. The Kier molecular flexibility index (Phi) is 4.34. The van der Waals surface area contributed by atoms with Gasteiger partial charge in [0.1, 0.15) is 11.4 Å². The summed E-state index contributed by atoms with van der Waals surface area (Å²) in [6.07, 6.45) is 1.32. The zero-order valence-corrected chi connectivity index (χ0v) is 11.3. The van der Waals surface area contributed by atoms with Crippen LogP contribution >= 0.6 is 0 Å². The molecule has 1 heterocycles. The van der Waals surface area contributed by atoms with Gasteiger partial charge in [-0.05, 0) is 26.7 Å². The first-order valence-corrected chi connectivity index (χ1v) is 6.00. The van der Waals surface area contributed by atoms with Gasteiger partial charge in [0, 0.05) is 19.2 Å². The number of carbonyl (C=O) groups is 1. The first-order valence-electron chi connectivity index (χ1n) is 6.00. The van der Waals surface area contributed by atoms with E-state index in [2.05, 4.69) is 10.4 Å². The van der Waals surface area contributed by atoms with Crippen LogP contribution in [0.2, 0.25) is 0 Å². The Bertz CT molecular complexity index is 442. The van der Waals surface area contributed by atoms with E-state index in [1.165, 1.54) is 4.68 Å². The number of nitrogens with zero attached hydrogens (tertiary/aromatic N) is 2. The monoisotopic (exact) mass is 255 g/mol. The van der Waals surface area contributed by atoms with Gasteiger partial charge in [-0.2, -0.15) is 5.10 Å². The number of aliphatic hydroxyl groups excluding tert-OH is 1. The van der Waals surface area contributed by atoms with Crippen molar-refractivity contribution in [3.63, 3.8) is 0 Å². The Balaban J connectivity index is 3.13. The van der Waals surface area contributed by atoms with Gasteiger partial charge in [-0.1, -0.05) is 6.92 Å². The van der Waals surface area contributed by atoms with Crippen LogP contribution in [0.25, 0.3) is 0 Å². The molecule has 0 radical (unpaired) electrons. The highest BCUT2D eigenvalue weighted by atomic mass is 16.4. The lowest BCUT2D eigenvalue weighted by atomic mass is 9.94. The number of hydrogen-bond donors (Lipinski definition) is 3. The topological polar surface area (TPSA) is 87.4 Å². The van der Waals surface area contributed by atoms with E-state index < -0.39 is 5.97 Å². The Morgan fingerprint density at radius 2 is 2.17 bits per heavy atom. The van der Waals surface area contributed by atoms with Crippen LogP contribution in [0.15, 0.2) is 0 Å². The molecular formula is C12H21N3O3. The maximum atomic E-state index is 11.2. The molecule has 6 nitrogen and oxygen atoms in total. The van der Waals surface area contributed by atoms with Crippen LogP contribution in [-0.2, 0) is 7.05 Å². The number of rotatable bonds is 6. The smallest absolute Gasteiger partial charge is 0.341 e. The molecule has 0 spiro atoms. The zero-order valence-electron chi connectivity index (χ0n) is 11.3. The third-order valence-corrected chi connectivity index (χ3v) is 3.30. The average molecular weight is 255 g/mol. The van der Waals surface area contributed by atoms with Gasteiger partial charge in [0.25, 0.3) is 0 Å². The number of carboxylic acid groups (broad SMARTS) is 1. The number of aryl methyl sites for hydroxylation is 2. The van der Waals surface area contributed by atoms with Gasteiger partial charge in [-0.25, -0.2) is 4.79 Å². The molecule has 0 aliphatic carbocycles. The first-order chi connectivity index (χ1) is 8.34. The van der Waals surface area contributed by atoms with E-state index in [4.69, 9.17) is 5.11 Å². The molecule has 0 aromatic carbocycles. The molecule has 3 N–H and O–H groups in total. The van der Waals surface area contributed by atoms with E-state index in [1.54, 1.807) is 14.0 Å². The van der Waals surface area contributed by atoms with E-state index in [-0.39, 0.29) is 17.7 Å². The Morgan fingerprint density at radius 3 is 2.61 bits per heavy atom. The molecule has 18 heavy (non-hydrogen) atoms. The fraction of sp³-hybridized carbons (Fsp3) is 0.667. The molecule has 6 heteroatoms. The minimum absolute atomic E-state index is 0.0522. The molecule has 1 rings (SSSR count). The summed E-state index contributed by atoms with van der Waals surface area (Å²) in [5, 5.41) is 25.6. The molecule has 0 saturated carbocycles. The lowest BCUT2D eigenvalue weighted by Crippen LogP contribution is -2.36. The second-order valence-corrected chi connectivity index (χ2v) is 4.75. The Morgan fingerprint density at radius 1 is 1.56 bits per heavy atom. The summed E-state index contributed by atoms with van der Waals surface area (Å²) >= 11 is 0. The van der Waals surface area contributed by atoms with Crippen molar-refractivity contribution < 1.29 is 15.0 Å². The Labute approximate surface area is 107 Å². The summed E-state index contributed by atoms with van der Waals surface area (Å²) < 4.78 is 1.53. The van der Waals surface area contributed by atoms with Crippen molar-refractivity contribution in [3.05, 3.63) is 11.3 Å².